The molecule has 4 aromatic rings. The van der Waals surface area contributed by atoms with E-state index in [1.54, 1.807) is 58.2 Å². The Morgan fingerprint density at radius 3 is 2.33 bits per heavy atom. The summed E-state index contributed by atoms with van der Waals surface area (Å²) in [7, 11) is 0. The summed E-state index contributed by atoms with van der Waals surface area (Å²) in [5.41, 5.74) is 2.60. The normalized spacial score (nSPS) is 11.3. The van der Waals surface area contributed by atoms with Gasteiger partial charge >= 0.3 is 6.09 Å². The van der Waals surface area contributed by atoms with Crippen molar-refractivity contribution in [2.45, 2.75) is 53.2 Å². The third-order valence-corrected chi connectivity index (χ3v) is 5.28. The standard InChI is InChI=1S/C29H31N5O5/c1-17(2)37-27-22(31-26(35)24-18(3)39-34-25(24)19-10-8-7-9-11-19)14-13-21(32-27)20-12-15-23(30-16-20)33-28(36)38-29(4,5)6/h7-17H,1-6H3,(H,31,35)(H,30,33,36). The molecule has 0 aliphatic carbocycles. The highest BCUT2D eigenvalue weighted by Crippen LogP contribution is 2.31. The summed E-state index contributed by atoms with van der Waals surface area (Å²) < 4.78 is 16.5. The number of aromatic nitrogens is 3. The summed E-state index contributed by atoms with van der Waals surface area (Å²) in [4.78, 5) is 34.3. The van der Waals surface area contributed by atoms with Crippen molar-refractivity contribution in [2.75, 3.05) is 10.6 Å². The zero-order valence-electron chi connectivity index (χ0n) is 22.7. The Bertz CT molecular complexity index is 1460. The molecular weight excluding hydrogens is 498 g/mol. The Balaban J connectivity index is 1.57. The molecule has 0 saturated carbocycles. The van der Waals surface area contributed by atoms with Gasteiger partial charge in [0.15, 0.2) is 0 Å². The number of nitrogens with one attached hydrogen (secondary N) is 2. The van der Waals surface area contributed by atoms with Crippen LogP contribution in [0.1, 0.15) is 50.7 Å². The highest BCUT2D eigenvalue weighted by molar-refractivity contribution is 6.09. The molecule has 0 spiro atoms. The zero-order valence-corrected chi connectivity index (χ0v) is 22.7. The maximum atomic E-state index is 13.3. The number of rotatable bonds is 7. The molecule has 0 fully saturated rings. The summed E-state index contributed by atoms with van der Waals surface area (Å²) in [6.45, 7) is 10.8. The molecule has 202 valence electrons. The van der Waals surface area contributed by atoms with E-state index in [2.05, 4.69) is 25.8 Å². The van der Waals surface area contributed by atoms with Gasteiger partial charge < -0.3 is 19.3 Å². The number of pyridine rings is 2. The lowest BCUT2D eigenvalue weighted by Crippen LogP contribution is -2.27. The smallest absolute Gasteiger partial charge is 0.413 e. The molecule has 0 saturated heterocycles. The number of nitrogens with zero attached hydrogens (tertiary/aromatic N) is 3. The number of carbonyl (C=O) groups is 2. The van der Waals surface area contributed by atoms with Crippen LogP contribution in [0, 0.1) is 6.92 Å². The van der Waals surface area contributed by atoms with E-state index in [9.17, 15) is 9.59 Å². The molecule has 0 aliphatic heterocycles. The van der Waals surface area contributed by atoms with Crippen molar-refractivity contribution in [1.29, 1.82) is 0 Å². The lowest BCUT2D eigenvalue weighted by molar-refractivity contribution is 0.0635. The van der Waals surface area contributed by atoms with Crippen LogP contribution in [0.2, 0.25) is 0 Å². The van der Waals surface area contributed by atoms with Gasteiger partial charge in [0.25, 0.3) is 5.91 Å². The SMILES string of the molecule is Cc1onc(-c2ccccc2)c1C(=O)Nc1ccc(-c2ccc(NC(=O)OC(C)(C)C)nc2)nc1OC(C)C. The van der Waals surface area contributed by atoms with E-state index in [4.69, 9.17) is 14.0 Å². The summed E-state index contributed by atoms with van der Waals surface area (Å²) in [6, 6.07) is 16.2. The van der Waals surface area contributed by atoms with Crippen LogP contribution in [0.4, 0.5) is 16.3 Å². The van der Waals surface area contributed by atoms with Crippen LogP contribution in [0.5, 0.6) is 5.88 Å². The minimum absolute atomic E-state index is 0.195. The highest BCUT2D eigenvalue weighted by Gasteiger charge is 2.23. The molecule has 4 rings (SSSR count). The molecule has 10 nitrogen and oxygen atoms in total. The average molecular weight is 530 g/mol. The molecule has 0 radical (unpaired) electrons. The van der Waals surface area contributed by atoms with Crippen LogP contribution in [0.25, 0.3) is 22.5 Å². The van der Waals surface area contributed by atoms with Crippen molar-refractivity contribution < 1.29 is 23.6 Å². The van der Waals surface area contributed by atoms with Crippen LogP contribution in [-0.4, -0.2) is 38.8 Å². The molecule has 39 heavy (non-hydrogen) atoms. The van der Waals surface area contributed by atoms with Gasteiger partial charge in [0.1, 0.15) is 34.1 Å². The van der Waals surface area contributed by atoms with Crippen molar-refractivity contribution >= 4 is 23.5 Å². The number of anilines is 2. The number of hydrogen-bond donors (Lipinski definition) is 2. The first-order chi connectivity index (χ1) is 18.5. The van der Waals surface area contributed by atoms with Gasteiger partial charge in [-0.1, -0.05) is 35.5 Å². The molecule has 0 unspecified atom stereocenters. The molecule has 3 aromatic heterocycles. The van der Waals surface area contributed by atoms with Crippen LogP contribution in [-0.2, 0) is 4.74 Å². The lowest BCUT2D eigenvalue weighted by atomic mass is 10.1. The van der Waals surface area contributed by atoms with Gasteiger partial charge in [-0.2, -0.15) is 0 Å². The Morgan fingerprint density at radius 1 is 0.949 bits per heavy atom. The van der Waals surface area contributed by atoms with Crippen LogP contribution >= 0.6 is 0 Å². The van der Waals surface area contributed by atoms with E-state index < -0.39 is 17.6 Å². The second-order valence-corrected chi connectivity index (χ2v) is 10.1. The van der Waals surface area contributed by atoms with Gasteiger partial charge in [0.2, 0.25) is 5.88 Å². The third-order valence-electron chi connectivity index (χ3n) is 5.28. The fraction of sp³-hybridized carbons (Fsp3) is 0.276. The van der Waals surface area contributed by atoms with E-state index in [1.807, 2.05) is 44.2 Å². The van der Waals surface area contributed by atoms with Crippen LogP contribution in [0.3, 0.4) is 0 Å². The molecule has 3 heterocycles. The van der Waals surface area contributed by atoms with E-state index >= 15 is 0 Å². The zero-order chi connectivity index (χ0) is 28.2. The predicted molar refractivity (Wildman–Crippen MR) is 148 cm³/mol. The molecule has 2 amide bonds. The average Bonchev–Trinajstić information content (AvgIpc) is 3.26. The van der Waals surface area contributed by atoms with E-state index in [0.29, 0.717) is 39.8 Å². The molecule has 0 atom stereocenters. The van der Waals surface area contributed by atoms with Gasteiger partial charge in [-0.05, 0) is 65.8 Å². The maximum Gasteiger partial charge on any atom is 0.413 e. The van der Waals surface area contributed by atoms with E-state index in [0.717, 1.165) is 5.56 Å². The monoisotopic (exact) mass is 529 g/mol. The summed E-state index contributed by atoms with van der Waals surface area (Å²) >= 11 is 0. The van der Waals surface area contributed by atoms with Gasteiger partial charge in [-0.15, -0.1) is 0 Å². The second-order valence-electron chi connectivity index (χ2n) is 10.1. The number of ether oxygens (including phenoxy) is 2. The minimum Gasteiger partial charge on any atom is -0.473 e. The molecule has 10 heteroatoms. The van der Waals surface area contributed by atoms with Crippen molar-refractivity contribution in [1.82, 2.24) is 15.1 Å². The van der Waals surface area contributed by atoms with Crippen molar-refractivity contribution in [3.8, 4) is 28.4 Å². The predicted octanol–water partition coefficient (Wildman–Crippen LogP) is 6.49. The van der Waals surface area contributed by atoms with E-state index in [-0.39, 0.29) is 12.0 Å². The highest BCUT2D eigenvalue weighted by atomic mass is 16.6. The second kappa shape index (κ2) is 11.3. The summed E-state index contributed by atoms with van der Waals surface area (Å²) in [6.07, 6.45) is 0.797. The molecule has 0 aliphatic rings. The topological polar surface area (TPSA) is 128 Å². The summed E-state index contributed by atoms with van der Waals surface area (Å²) in [5.74, 6) is 0.597. The largest absolute Gasteiger partial charge is 0.473 e. The molecule has 2 N–H and O–H groups in total. The first-order valence-electron chi connectivity index (χ1n) is 12.5. The fourth-order valence-corrected chi connectivity index (χ4v) is 3.65. The van der Waals surface area contributed by atoms with Gasteiger partial charge in [0, 0.05) is 17.3 Å². The Labute approximate surface area is 226 Å². The number of amides is 2. The minimum atomic E-state index is -0.617. The quantitative estimate of drug-likeness (QED) is 0.278. The van der Waals surface area contributed by atoms with E-state index in [1.165, 1.54) is 0 Å². The third kappa shape index (κ3) is 6.98. The number of carbonyl (C=O) groups excluding carboxylic acids is 2. The fourth-order valence-electron chi connectivity index (χ4n) is 3.65. The van der Waals surface area contributed by atoms with Crippen molar-refractivity contribution in [2.24, 2.45) is 0 Å². The molecular formula is C29H31N5O5. The Morgan fingerprint density at radius 2 is 1.69 bits per heavy atom. The van der Waals surface area contributed by atoms with Gasteiger partial charge in [0.05, 0.1) is 11.8 Å². The number of aryl methyl sites for hydroxylation is 1. The van der Waals surface area contributed by atoms with Gasteiger partial charge in [-0.25, -0.2) is 14.8 Å². The van der Waals surface area contributed by atoms with Crippen molar-refractivity contribution in [3.63, 3.8) is 0 Å². The first kappa shape index (κ1) is 27.3. The first-order valence-corrected chi connectivity index (χ1v) is 12.5. The van der Waals surface area contributed by atoms with Gasteiger partial charge in [-0.3, -0.25) is 10.1 Å². The molecule has 0 bridgehead atoms. The lowest BCUT2D eigenvalue weighted by Gasteiger charge is -2.19. The Kier molecular flexibility index (Phi) is 7.94. The Hall–Kier alpha value is -4.73. The maximum absolute atomic E-state index is 13.3. The van der Waals surface area contributed by atoms with Crippen LogP contribution in [0.15, 0.2) is 65.3 Å². The number of hydrogen-bond acceptors (Lipinski definition) is 8. The number of benzene rings is 1. The van der Waals surface area contributed by atoms with Crippen molar-refractivity contribution in [3.05, 3.63) is 72.1 Å². The summed E-state index contributed by atoms with van der Waals surface area (Å²) in [5, 5.41) is 9.59. The van der Waals surface area contributed by atoms with Crippen LogP contribution < -0.4 is 15.4 Å². The molecule has 1 aromatic carbocycles.